The van der Waals surface area contributed by atoms with E-state index in [0.29, 0.717) is 18.4 Å². The average Bonchev–Trinajstić information content (AvgIpc) is 2.55. The Morgan fingerprint density at radius 3 is 2.56 bits per heavy atom. The molecule has 0 spiro atoms. The van der Waals surface area contributed by atoms with Gasteiger partial charge in [-0.2, -0.15) is 0 Å². The van der Waals surface area contributed by atoms with Crippen LogP contribution < -0.4 is 10.6 Å². The molecule has 0 amide bonds. The van der Waals surface area contributed by atoms with Gasteiger partial charge in [0.05, 0.1) is 12.1 Å². The molecule has 0 saturated carbocycles. The summed E-state index contributed by atoms with van der Waals surface area (Å²) in [7, 11) is 0. The van der Waals surface area contributed by atoms with Crippen LogP contribution in [0.1, 0.15) is 27.2 Å². The first-order valence-corrected chi connectivity index (χ1v) is 6.28. The van der Waals surface area contributed by atoms with Gasteiger partial charge in [-0.05, 0) is 43.5 Å². The van der Waals surface area contributed by atoms with Gasteiger partial charge in [-0.3, -0.25) is 4.99 Å². The van der Waals surface area contributed by atoms with Gasteiger partial charge in [-0.1, -0.05) is 13.8 Å². The normalized spacial score (nSPS) is 23.6. The van der Waals surface area contributed by atoms with Crippen LogP contribution in [0.5, 0.6) is 0 Å². The SMILES string of the molecule is CC(C)CC1(C)CN=C(N)N1c1ccc(F)cc1. The van der Waals surface area contributed by atoms with Crippen molar-refractivity contribution >= 4 is 11.6 Å². The lowest BCUT2D eigenvalue weighted by Crippen LogP contribution is -2.50. The van der Waals surface area contributed by atoms with Crippen LogP contribution in [0.25, 0.3) is 0 Å². The van der Waals surface area contributed by atoms with Gasteiger partial charge in [-0.25, -0.2) is 4.39 Å². The largest absolute Gasteiger partial charge is 0.369 e. The number of benzene rings is 1. The maximum atomic E-state index is 13.0. The summed E-state index contributed by atoms with van der Waals surface area (Å²) >= 11 is 0. The molecule has 0 radical (unpaired) electrons. The van der Waals surface area contributed by atoms with E-state index in [0.717, 1.165) is 12.1 Å². The van der Waals surface area contributed by atoms with E-state index in [-0.39, 0.29) is 11.4 Å². The number of nitrogens with two attached hydrogens (primary N) is 1. The van der Waals surface area contributed by atoms with Crippen LogP contribution in [0.2, 0.25) is 0 Å². The minimum absolute atomic E-state index is 0.115. The first-order chi connectivity index (χ1) is 8.42. The lowest BCUT2D eigenvalue weighted by Gasteiger charge is -2.37. The van der Waals surface area contributed by atoms with Crippen molar-refractivity contribution in [3.63, 3.8) is 0 Å². The zero-order chi connectivity index (χ0) is 13.3. The van der Waals surface area contributed by atoms with E-state index in [1.807, 2.05) is 4.90 Å². The molecule has 1 aliphatic rings. The molecule has 98 valence electrons. The van der Waals surface area contributed by atoms with Crippen molar-refractivity contribution in [2.75, 3.05) is 11.4 Å². The van der Waals surface area contributed by atoms with Crippen molar-refractivity contribution in [3.8, 4) is 0 Å². The number of rotatable bonds is 3. The molecule has 1 unspecified atom stereocenters. The Balaban J connectivity index is 2.32. The highest BCUT2D eigenvalue weighted by atomic mass is 19.1. The minimum Gasteiger partial charge on any atom is -0.369 e. The van der Waals surface area contributed by atoms with Crippen molar-refractivity contribution in [3.05, 3.63) is 30.1 Å². The molecule has 2 rings (SSSR count). The Hall–Kier alpha value is -1.58. The summed E-state index contributed by atoms with van der Waals surface area (Å²) in [6, 6.07) is 6.41. The number of hydrogen-bond donors (Lipinski definition) is 1. The number of guanidine groups is 1. The summed E-state index contributed by atoms with van der Waals surface area (Å²) in [5, 5.41) is 0. The van der Waals surface area contributed by atoms with E-state index in [2.05, 4.69) is 25.8 Å². The van der Waals surface area contributed by atoms with Gasteiger partial charge in [0.2, 0.25) is 0 Å². The molecule has 0 aromatic heterocycles. The fraction of sp³-hybridized carbons (Fsp3) is 0.500. The van der Waals surface area contributed by atoms with E-state index >= 15 is 0 Å². The van der Waals surface area contributed by atoms with Gasteiger partial charge < -0.3 is 10.6 Å². The third-order valence-corrected chi connectivity index (χ3v) is 3.28. The number of anilines is 1. The monoisotopic (exact) mass is 249 g/mol. The van der Waals surface area contributed by atoms with Crippen molar-refractivity contribution in [2.24, 2.45) is 16.6 Å². The van der Waals surface area contributed by atoms with Crippen molar-refractivity contribution in [2.45, 2.75) is 32.7 Å². The maximum Gasteiger partial charge on any atom is 0.196 e. The Kier molecular flexibility index (Phi) is 3.28. The topological polar surface area (TPSA) is 41.6 Å². The Labute approximate surface area is 108 Å². The van der Waals surface area contributed by atoms with E-state index in [9.17, 15) is 4.39 Å². The quantitative estimate of drug-likeness (QED) is 0.895. The maximum absolute atomic E-state index is 13.0. The van der Waals surface area contributed by atoms with Gasteiger partial charge in [0.25, 0.3) is 0 Å². The average molecular weight is 249 g/mol. The second kappa shape index (κ2) is 4.59. The lowest BCUT2D eigenvalue weighted by molar-refractivity contribution is 0.392. The zero-order valence-corrected chi connectivity index (χ0v) is 11.2. The molecule has 3 nitrogen and oxygen atoms in total. The molecule has 2 N–H and O–H groups in total. The molecule has 1 aliphatic heterocycles. The third-order valence-electron chi connectivity index (χ3n) is 3.28. The van der Waals surface area contributed by atoms with Crippen molar-refractivity contribution in [1.82, 2.24) is 0 Å². The smallest absolute Gasteiger partial charge is 0.196 e. The van der Waals surface area contributed by atoms with Crippen LogP contribution >= 0.6 is 0 Å². The first kappa shape index (κ1) is 12.9. The highest BCUT2D eigenvalue weighted by Crippen LogP contribution is 2.33. The van der Waals surface area contributed by atoms with E-state index in [4.69, 9.17) is 5.73 Å². The number of hydrogen-bond acceptors (Lipinski definition) is 3. The Morgan fingerprint density at radius 2 is 2.00 bits per heavy atom. The zero-order valence-electron chi connectivity index (χ0n) is 11.2. The van der Waals surface area contributed by atoms with Gasteiger partial charge in [-0.15, -0.1) is 0 Å². The minimum atomic E-state index is -0.237. The van der Waals surface area contributed by atoms with Gasteiger partial charge in [0.15, 0.2) is 5.96 Å². The summed E-state index contributed by atoms with van der Waals surface area (Å²) < 4.78 is 13.0. The summed E-state index contributed by atoms with van der Waals surface area (Å²) in [5.41, 5.74) is 6.77. The van der Waals surface area contributed by atoms with Gasteiger partial charge in [0, 0.05) is 5.69 Å². The van der Waals surface area contributed by atoms with E-state index in [1.165, 1.54) is 12.1 Å². The molecule has 1 aromatic rings. The first-order valence-electron chi connectivity index (χ1n) is 6.28. The Bertz CT molecular complexity index is 453. The van der Waals surface area contributed by atoms with Crippen LogP contribution in [0.3, 0.4) is 0 Å². The predicted molar refractivity (Wildman–Crippen MR) is 73.2 cm³/mol. The van der Waals surface area contributed by atoms with E-state index < -0.39 is 0 Å². The molecular weight excluding hydrogens is 229 g/mol. The third kappa shape index (κ3) is 2.33. The summed E-state index contributed by atoms with van der Waals surface area (Å²) in [6.07, 6.45) is 0.995. The molecule has 1 aromatic carbocycles. The van der Waals surface area contributed by atoms with Crippen LogP contribution in [0.4, 0.5) is 10.1 Å². The molecule has 0 saturated heterocycles. The van der Waals surface area contributed by atoms with Crippen LogP contribution in [0.15, 0.2) is 29.3 Å². The van der Waals surface area contributed by atoms with Crippen LogP contribution in [-0.4, -0.2) is 18.0 Å². The standard InChI is InChI=1S/C14H20FN3/c1-10(2)8-14(3)9-17-13(16)18(14)12-6-4-11(15)5-7-12/h4-7,10H,8-9H2,1-3H3,(H2,16,17). The summed E-state index contributed by atoms with van der Waals surface area (Å²) in [5.74, 6) is 0.836. The molecule has 0 aliphatic carbocycles. The second-order valence-electron chi connectivity index (χ2n) is 5.58. The highest BCUT2D eigenvalue weighted by molar-refractivity contribution is 5.98. The fourth-order valence-electron chi connectivity index (χ4n) is 2.74. The molecular formula is C14H20FN3. The molecule has 0 fully saturated rings. The van der Waals surface area contributed by atoms with Crippen LogP contribution in [0, 0.1) is 11.7 Å². The van der Waals surface area contributed by atoms with Crippen molar-refractivity contribution < 1.29 is 4.39 Å². The highest BCUT2D eigenvalue weighted by Gasteiger charge is 2.39. The fourth-order valence-corrected chi connectivity index (χ4v) is 2.74. The van der Waals surface area contributed by atoms with Crippen molar-refractivity contribution in [1.29, 1.82) is 0 Å². The lowest BCUT2D eigenvalue weighted by atomic mass is 9.89. The number of halogens is 1. The Morgan fingerprint density at radius 1 is 1.39 bits per heavy atom. The summed E-state index contributed by atoms with van der Waals surface area (Å²) in [6.45, 7) is 7.21. The van der Waals surface area contributed by atoms with E-state index in [1.54, 1.807) is 12.1 Å². The summed E-state index contributed by atoms with van der Waals surface area (Å²) in [4.78, 5) is 6.37. The molecule has 0 bridgehead atoms. The molecule has 1 atom stereocenters. The van der Waals surface area contributed by atoms with Gasteiger partial charge >= 0.3 is 0 Å². The molecule has 18 heavy (non-hydrogen) atoms. The molecule has 4 heteroatoms. The molecule has 1 heterocycles. The predicted octanol–water partition coefficient (Wildman–Crippen LogP) is 2.77. The number of aliphatic imine (C=N–C) groups is 1. The van der Waals surface area contributed by atoms with Crippen LogP contribution in [-0.2, 0) is 0 Å². The number of nitrogens with zero attached hydrogens (tertiary/aromatic N) is 2. The van der Waals surface area contributed by atoms with Gasteiger partial charge in [0.1, 0.15) is 5.82 Å². The second-order valence-corrected chi connectivity index (χ2v) is 5.58.